The molecule has 1 heterocycles. The summed E-state index contributed by atoms with van der Waals surface area (Å²) in [4.78, 5) is 14.2. The molecule has 2 aromatic rings. The number of carbonyl (C=O) groups excluding carboxylic acids is 1. The van der Waals surface area contributed by atoms with Crippen molar-refractivity contribution in [1.29, 1.82) is 0 Å². The molecule has 0 aliphatic carbocycles. The molecule has 0 saturated carbocycles. The highest BCUT2D eigenvalue weighted by atomic mass is 28.3. The number of amides is 1. The van der Waals surface area contributed by atoms with Gasteiger partial charge in [0, 0.05) is 27.1 Å². The molecule has 0 N–H and O–H groups in total. The van der Waals surface area contributed by atoms with Crippen LogP contribution in [0.2, 0.25) is 25.7 Å². The van der Waals surface area contributed by atoms with Crippen molar-refractivity contribution in [2.45, 2.75) is 51.0 Å². The number of ether oxygens (including phenoxy) is 1. The first-order valence-corrected chi connectivity index (χ1v) is 13.6. The van der Waals surface area contributed by atoms with Gasteiger partial charge in [0.2, 0.25) is 5.91 Å². The van der Waals surface area contributed by atoms with Crippen LogP contribution >= 0.6 is 0 Å². The maximum Gasteiger partial charge on any atom is 0.224 e. The maximum absolute atomic E-state index is 12.3. The van der Waals surface area contributed by atoms with Gasteiger partial charge in [-0.25, -0.2) is 0 Å². The third-order valence-electron chi connectivity index (χ3n) is 5.21. The lowest BCUT2D eigenvalue weighted by Crippen LogP contribution is -2.37. The molecule has 1 saturated heterocycles. The van der Waals surface area contributed by atoms with Crippen molar-refractivity contribution in [2.24, 2.45) is 0 Å². The average molecular weight is 382 g/mol. The molecule has 0 spiro atoms. The van der Waals surface area contributed by atoms with Gasteiger partial charge in [0.15, 0.2) is 0 Å². The maximum atomic E-state index is 12.3. The van der Waals surface area contributed by atoms with Crippen LogP contribution in [0.25, 0.3) is 11.1 Å². The Morgan fingerprint density at radius 1 is 1.00 bits per heavy atom. The molecule has 1 amide bonds. The minimum Gasteiger partial charge on any atom is -0.361 e. The van der Waals surface area contributed by atoms with Gasteiger partial charge >= 0.3 is 0 Å². The van der Waals surface area contributed by atoms with E-state index in [2.05, 4.69) is 68.2 Å². The number of benzene rings is 2. The first-order valence-electron chi connectivity index (χ1n) is 9.94. The Kier molecular flexibility index (Phi) is 6.50. The van der Waals surface area contributed by atoms with Crippen LogP contribution in [-0.4, -0.2) is 38.3 Å². The molecule has 4 heteroatoms. The molecule has 2 aromatic carbocycles. The molecule has 27 heavy (non-hydrogen) atoms. The van der Waals surface area contributed by atoms with Crippen molar-refractivity contribution in [2.75, 3.05) is 13.3 Å². The third kappa shape index (κ3) is 5.78. The lowest BCUT2D eigenvalue weighted by molar-refractivity contribution is -0.134. The van der Waals surface area contributed by atoms with E-state index in [1.54, 1.807) is 0 Å². The quantitative estimate of drug-likeness (QED) is 0.465. The van der Waals surface area contributed by atoms with Crippen molar-refractivity contribution in [3.63, 3.8) is 0 Å². The zero-order valence-corrected chi connectivity index (χ0v) is 17.8. The van der Waals surface area contributed by atoms with Crippen molar-refractivity contribution >= 4 is 14.0 Å². The number of rotatable bonds is 8. The van der Waals surface area contributed by atoms with E-state index in [9.17, 15) is 4.79 Å². The van der Waals surface area contributed by atoms with E-state index in [4.69, 9.17) is 4.74 Å². The fourth-order valence-electron chi connectivity index (χ4n) is 3.46. The molecule has 0 aromatic heterocycles. The van der Waals surface area contributed by atoms with Gasteiger partial charge in [-0.1, -0.05) is 74.2 Å². The van der Waals surface area contributed by atoms with E-state index in [0.29, 0.717) is 13.2 Å². The first-order chi connectivity index (χ1) is 12.9. The SMILES string of the molecule is C[Si](C)(C)CCOCN1C(=O)CC[C@H]1Cc1ccc(-c2ccccc2)cc1. The van der Waals surface area contributed by atoms with Crippen LogP contribution in [0.3, 0.4) is 0 Å². The second kappa shape index (κ2) is 8.85. The highest BCUT2D eigenvalue weighted by molar-refractivity contribution is 6.76. The van der Waals surface area contributed by atoms with E-state index in [-0.39, 0.29) is 11.9 Å². The lowest BCUT2D eigenvalue weighted by atomic mass is 10.00. The van der Waals surface area contributed by atoms with E-state index < -0.39 is 8.07 Å². The molecule has 0 radical (unpaired) electrons. The Hall–Kier alpha value is -1.91. The summed E-state index contributed by atoms with van der Waals surface area (Å²) in [7, 11) is -1.09. The molecule has 0 bridgehead atoms. The standard InChI is InChI=1S/C23H31NO2Si/c1-27(2,3)16-15-26-18-24-22(13-14-23(24)25)17-19-9-11-21(12-10-19)20-7-5-4-6-8-20/h4-12,22H,13-18H2,1-3H3/t22-/m0/s1. The summed E-state index contributed by atoms with van der Waals surface area (Å²) in [5.41, 5.74) is 3.74. The Labute approximate surface area is 164 Å². The normalized spacial score (nSPS) is 17.5. The fourth-order valence-corrected chi connectivity index (χ4v) is 4.22. The highest BCUT2D eigenvalue weighted by Gasteiger charge is 2.31. The average Bonchev–Trinajstić information content (AvgIpc) is 2.99. The molecular formula is C23H31NO2Si. The number of carbonyl (C=O) groups is 1. The molecular weight excluding hydrogens is 350 g/mol. The van der Waals surface area contributed by atoms with E-state index in [0.717, 1.165) is 25.5 Å². The zero-order chi connectivity index (χ0) is 19.3. The third-order valence-corrected chi connectivity index (χ3v) is 6.92. The van der Waals surface area contributed by atoms with Crippen molar-refractivity contribution in [1.82, 2.24) is 4.90 Å². The Morgan fingerprint density at radius 3 is 2.33 bits per heavy atom. The second-order valence-corrected chi connectivity index (χ2v) is 14.3. The molecule has 0 unspecified atom stereocenters. The first kappa shape index (κ1) is 19.8. The summed E-state index contributed by atoms with van der Waals surface area (Å²) < 4.78 is 5.85. The van der Waals surface area contributed by atoms with Crippen molar-refractivity contribution in [3.8, 4) is 11.1 Å². The lowest BCUT2D eigenvalue weighted by Gasteiger charge is -2.25. The number of nitrogens with zero attached hydrogens (tertiary/aromatic N) is 1. The summed E-state index contributed by atoms with van der Waals surface area (Å²) in [6, 6.07) is 20.6. The van der Waals surface area contributed by atoms with Gasteiger partial charge in [-0.2, -0.15) is 0 Å². The van der Waals surface area contributed by atoms with E-state index >= 15 is 0 Å². The molecule has 1 atom stereocenters. The Morgan fingerprint density at radius 2 is 1.67 bits per heavy atom. The van der Waals surface area contributed by atoms with Crippen LogP contribution < -0.4 is 0 Å². The van der Waals surface area contributed by atoms with Gasteiger partial charge in [-0.05, 0) is 35.6 Å². The Balaban J connectivity index is 1.56. The topological polar surface area (TPSA) is 29.5 Å². The van der Waals surface area contributed by atoms with Crippen molar-refractivity contribution < 1.29 is 9.53 Å². The molecule has 3 nitrogen and oxygen atoms in total. The monoisotopic (exact) mass is 381 g/mol. The summed E-state index contributed by atoms with van der Waals surface area (Å²) in [5, 5.41) is 0. The smallest absolute Gasteiger partial charge is 0.224 e. The van der Waals surface area contributed by atoms with Gasteiger partial charge in [0.05, 0.1) is 0 Å². The van der Waals surface area contributed by atoms with Gasteiger partial charge in [0.25, 0.3) is 0 Å². The van der Waals surface area contributed by atoms with E-state index in [1.165, 1.54) is 16.7 Å². The van der Waals surface area contributed by atoms with Gasteiger partial charge in [-0.15, -0.1) is 0 Å². The van der Waals surface area contributed by atoms with E-state index in [1.807, 2.05) is 11.0 Å². The zero-order valence-electron chi connectivity index (χ0n) is 16.8. The van der Waals surface area contributed by atoms with Crippen LogP contribution in [0.4, 0.5) is 0 Å². The second-order valence-electron chi connectivity index (χ2n) is 8.67. The predicted octanol–water partition coefficient (Wildman–Crippen LogP) is 5.20. The summed E-state index contributed by atoms with van der Waals surface area (Å²) >= 11 is 0. The fraction of sp³-hybridized carbons (Fsp3) is 0.435. The van der Waals surface area contributed by atoms with Crippen LogP contribution in [0.5, 0.6) is 0 Å². The molecule has 1 fully saturated rings. The number of hydrogen-bond donors (Lipinski definition) is 0. The Bertz CT molecular complexity index is 737. The predicted molar refractivity (Wildman–Crippen MR) is 114 cm³/mol. The van der Waals surface area contributed by atoms with Gasteiger partial charge in [0.1, 0.15) is 6.73 Å². The van der Waals surface area contributed by atoms with Gasteiger partial charge < -0.3 is 9.64 Å². The van der Waals surface area contributed by atoms with Crippen LogP contribution in [-0.2, 0) is 16.0 Å². The van der Waals surface area contributed by atoms with Crippen LogP contribution in [0.1, 0.15) is 18.4 Å². The minimum absolute atomic E-state index is 0.230. The summed E-state index contributed by atoms with van der Waals surface area (Å²) in [5.74, 6) is 0.230. The van der Waals surface area contributed by atoms with Gasteiger partial charge in [-0.3, -0.25) is 4.79 Å². The molecule has 1 aliphatic heterocycles. The highest BCUT2D eigenvalue weighted by Crippen LogP contribution is 2.24. The largest absolute Gasteiger partial charge is 0.361 e. The summed E-state index contributed by atoms with van der Waals surface area (Å²) in [6.07, 6.45) is 2.47. The number of likely N-dealkylation sites (tertiary alicyclic amines) is 1. The minimum atomic E-state index is -1.09. The van der Waals surface area contributed by atoms with Crippen molar-refractivity contribution in [3.05, 3.63) is 60.2 Å². The summed E-state index contributed by atoms with van der Waals surface area (Å²) in [6.45, 7) is 8.24. The number of hydrogen-bond acceptors (Lipinski definition) is 2. The van der Waals surface area contributed by atoms with Crippen LogP contribution in [0, 0.1) is 0 Å². The van der Waals surface area contributed by atoms with Crippen LogP contribution in [0.15, 0.2) is 54.6 Å². The molecule has 1 aliphatic rings. The molecule has 3 rings (SSSR count). The molecule has 144 valence electrons.